The molecule has 7 nitrogen and oxygen atoms in total. The van der Waals surface area contributed by atoms with E-state index in [1.165, 1.54) is 0 Å². The zero-order chi connectivity index (χ0) is 25.8. The summed E-state index contributed by atoms with van der Waals surface area (Å²) in [5.41, 5.74) is 2.82. The molecule has 3 aliphatic heterocycles. The van der Waals surface area contributed by atoms with Crippen LogP contribution in [-0.4, -0.2) is 58.0 Å². The lowest BCUT2D eigenvalue weighted by Crippen LogP contribution is -2.57. The number of fused-ring (bicyclic) bond motifs is 2. The first-order valence-electron chi connectivity index (χ1n) is 12.7. The molecule has 0 aliphatic carbocycles. The Morgan fingerprint density at radius 2 is 1.53 bits per heavy atom. The molecule has 188 valence electrons. The maximum absolute atomic E-state index is 13.8. The number of carbonyl (C=O) groups excluding carboxylic acids is 4. The maximum Gasteiger partial charge on any atom is 0.262 e. The number of piperidine rings is 1. The maximum atomic E-state index is 13.8. The van der Waals surface area contributed by atoms with E-state index in [4.69, 9.17) is 4.74 Å². The number of benzene rings is 2. The van der Waals surface area contributed by atoms with Crippen molar-refractivity contribution in [3.8, 4) is 5.75 Å². The van der Waals surface area contributed by atoms with Crippen molar-refractivity contribution < 1.29 is 23.9 Å². The number of carbonyl (C=O) groups is 4. The third-order valence-electron chi connectivity index (χ3n) is 7.81. The summed E-state index contributed by atoms with van der Waals surface area (Å²) in [5, 5.41) is 0. The van der Waals surface area contributed by atoms with E-state index in [1.807, 2.05) is 39.8 Å². The fraction of sp³-hybridized carbons (Fsp3) is 0.448. The molecule has 1 fully saturated rings. The first-order valence-corrected chi connectivity index (χ1v) is 12.7. The number of nitrogens with zero attached hydrogens (tertiary/aromatic N) is 2. The van der Waals surface area contributed by atoms with E-state index in [0.29, 0.717) is 61.2 Å². The highest BCUT2D eigenvalue weighted by atomic mass is 16.5. The van der Waals surface area contributed by atoms with Crippen molar-refractivity contribution in [2.75, 3.05) is 13.1 Å². The van der Waals surface area contributed by atoms with Crippen LogP contribution in [0.15, 0.2) is 36.4 Å². The van der Waals surface area contributed by atoms with Gasteiger partial charge in [-0.1, -0.05) is 26.0 Å². The van der Waals surface area contributed by atoms with Crippen LogP contribution in [-0.2, 0) is 4.79 Å². The number of amides is 3. The number of imide groups is 1. The van der Waals surface area contributed by atoms with Crippen LogP contribution >= 0.6 is 0 Å². The molecular weight excluding hydrogens is 456 g/mol. The quantitative estimate of drug-likeness (QED) is 0.598. The molecule has 3 amide bonds. The zero-order valence-corrected chi connectivity index (χ0v) is 21.3. The van der Waals surface area contributed by atoms with E-state index in [-0.39, 0.29) is 17.6 Å². The van der Waals surface area contributed by atoms with Gasteiger partial charge < -0.3 is 9.64 Å². The van der Waals surface area contributed by atoms with Gasteiger partial charge in [0.1, 0.15) is 17.4 Å². The zero-order valence-electron chi connectivity index (χ0n) is 21.3. The molecule has 36 heavy (non-hydrogen) atoms. The van der Waals surface area contributed by atoms with E-state index >= 15 is 0 Å². The number of likely N-dealkylation sites (tertiary alicyclic amines) is 1. The third-order valence-corrected chi connectivity index (χ3v) is 7.81. The number of ether oxygens (including phenoxy) is 1. The predicted molar refractivity (Wildman–Crippen MR) is 134 cm³/mol. The Hall–Kier alpha value is -3.48. The highest BCUT2D eigenvalue weighted by Crippen LogP contribution is 2.41. The summed E-state index contributed by atoms with van der Waals surface area (Å²) in [6.07, 6.45) is 1.73. The second-order valence-electron chi connectivity index (χ2n) is 10.8. The van der Waals surface area contributed by atoms with Crippen molar-refractivity contribution in [2.24, 2.45) is 5.92 Å². The highest BCUT2D eigenvalue weighted by Gasteiger charge is 2.47. The molecule has 0 radical (unpaired) electrons. The lowest BCUT2D eigenvalue weighted by molar-refractivity contribution is -0.139. The van der Waals surface area contributed by atoms with Crippen LogP contribution in [0.1, 0.15) is 81.7 Å². The molecule has 5 rings (SSSR count). The second-order valence-corrected chi connectivity index (χ2v) is 10.8. The summed E-state index contributed by atoms with van der Waals surface area (Å²) < 4.78 is 6.42. The van der Waals surface area contributed by atoms with Gasteiger partial charge in [-0.25, -0.2) is 0 Å². The van der Waals surface area contributed by atoms with Crippen LogP contribution < -0.4 is 4.74 Å². The fourth-order valence-corrected chi connectivity index (χ4v) is 5.63. The Labute approximate surface area is 211 Å². The molecule has 2 aromatic rings. The van der Waals surface area contributed by atoms with Gasteiger partial charge in [0, 0.05) is 25.9 Å². The van der Waals surface area contributed by atoms with Gasteiger partial charge in [0.15, 0.2) is 5.78 Å². The van der Waals surface area contributed by atoms with Gasteiger partial charge in [0.05, 0.1) is 23.1 Å². The summed E-state index contributed by atoms with van der Waals surface area (Å²) in [7, 11) is 0. The second kappa shape index (κ2) is 8.87. The van der Waals surface area contributed by atoms with E-state index < -0.39 is 23.5 Å². The Balaban J connectivity index is 1.34. The summed E-state index contributed by atoms with van der Waals surface area (Å²) in [6.45, 7) is 8.76. The summed E-state index contributed by atoms with van der Waals surface area (Å²) in [6, 6.07) is 9.70. The number of ketones is 1. The fourth-order valence-electron chi connectivity index (χ4n) is 5.63. The average molecular weight is 489 g/mol. The lowest BCUT2D eigenvalue weighted by Gasteiger charge is -2.45. The number of hydrogen-bond acceptors (Lipinski definition) is 5. The Bertz CT molecular complexity index is 1240. The van der Waals surface area contributed by atoms with Gasteiger partial charge >= 0.3 is 0 Å². The van der Waals surface area contributed by atoms with Gasteiger partial charge in [-0.05, 0) is 61.6 Å². The molecule has 1 unspecified atom stereocenters. The lowest BCUT2D eigenvalue weighted by atomic mass is 9.81. The van der Waals surface area contributed by atoms with Crippen molar-refractivity contribution in [1.82, 2.24) is 9.80 Å². The molecule has 0 bridgehead atoms. The van der Waals surface area contributed by atoms with Crippen LogP contribution in [0.5, 0.6) is 5.75 Å². The Morgan fingerprint density at radius 1 is 0.944 bits per heavy atom. The number of aryl methyl sites for hydroxylation is 2. The largest absolute Gasteiger partial charge is 0.486 e. The van der Waals surface area contributed by atoms with E-state index in [0.717, 1.165) is 16.0 Å². The minimum absolute atomic E-state index is 0.0721. The van der Waals surface area contributed by atoms with Crippen LogP contribution in [0.25, 0.3) is 0 Å². The monoisotopic (exact) mass is 488 g/mol. The SMILES string of the molecule is Cc1cc2c(cc1C)C(=O)CC1(CCN(C(=O)C(CC(C)C)N3C(=O)c4ccccc4C3=O)CC1)O2. The Kier molecular flexibility index (Phi) is 5.97. The van der Waals surface area contributed by atoms with E-state index in [9.17, 15) is 19.2 Å². The van der Waals surface area contributed by atoms with Crippen molar-refractivity contribution in [1.29, 1.82) is 0 Å². The van der Waals surface area contributed by atoms with E-state index in [2.05, 4.69) is 0 Å². The van der Waals surface area contributed by atoms with Gasteiger partial charge in [-0.15, -0.1) is 0 Å². The van der Waals surface area contributed by atoms with Gasteiger partial charge in [0.25, 0.3) is 11.8 Å². The summed E-state index contributed by atoms with van der Waals surface area (Å²) in [5.74, 6) is -0.234. The van der Waals surface area contributed by atoms with Crippen molar-refractivity contribution >= 4 is 23.5 Å². The molecule has 0 N–H and O–H groups in total. The minimum Gasteiger partial charge on any atom is -0.486 e. The third kappa shape index (κ3) is 4.00. The summed E-state index contributed by atoms with van der Waals surface area (Å²) in [4.78, 5) is 55.9. The topological polar surface area (TPSA) is 84.0 Å². The molecule has 7 heteroatoms. The van der Waals surface area contributed by atoms with Crippen LogP contribution in [0, 0.1) is 19.8 Å². The smallest absolute Gasteiger partial charge is 0.262 e. The first-order chi connectivity index (χ1) is 17.1. The highest BCUT2D eigenvalue weighted by molar-refractivity contribution is 6.22. The molecule has 0 saturated carbocycles. The minimum atomic E-state index is -0.855. The average Bonchev–Trinajstić information content (AvgIpc) is 3.09. The van der Waals surface area contributed by atoms with Crippen LogP contribution in [0.4, 0.5) is 0 Å². The van der Waals surface area contributed by atoms with E-state index in [1.54, 1.807) is 29.2 Å². The molecule has 3 heterocycles. The summed E-state index contributed by atoms with van der Waals surface area (Å²) >= 11 is 0. The van der Waals surface area contributed by atoms with Gasteiger partial charge in [0.2, 0.25) is 5.91 Å². The number of rotatable bonds is 4. The molecule has 0 aromatic heterocycles. The molecule has 1 saturated heterocycles. The molecule has 3 aliphatic rings. The van der Waals surface area contributed by atoms with Crippen LogP contribution in [0.3, 0.4) is 0 Å². The molecular formula is C29H32N2O5. The standard InChI is InChI=1S/C29H32N2O5/c1-17(2)13-23(31-26(33)20-7-5-6-8-21(20)27(31)34)28(35)30-11-9-29(10-12-30)16-24(32)22-14-18(3)19(4)15-25(22)36-29/h5-8,14-15,17,23H,9-13,16H2,1-4H3. The van der Waals surface area contributed by atoms with Crippen molar-refractivity contribution in [3.05, 3.63) is 64.2 Å². The first kappa shape index (κ1) is 24.2. The normalized spacial score (nSPS) is 19.4. The Morgan fingerprint density at radius 3 is 2.11 bits per heavy atom. The molecule has 1 spiro atoms. The molecule has 1 atom stereocenters. The number of hydrogen-bond donors (Lipinski definition) is 0. The van der Waals surface area contributed by atoms with Crippen molar-refractivity contribution in [3.63, 3.8) is 0 Å². The van der Waals surface area contributed by atoms with Gasteiger partial charge in [-0.3, -0.25) is 24.1 Å². The predicted octanol–water partition coefficient (Wildman–Crippen LogP) is 4.34. The van der Waals surface area contributed by atoms with Gasteiger partial charge in [-0.2, -0.15) is 0 Å². The molecule has 2 aromatic carbocycles. The van der Waals surface area contributed by atoms with Crippen LogP contribution in [0.2, 0.25) is 0 Å². The van der Waals surface area contributed by atoms with Crippen molar-refractivity contribution in [2.45, 2.75) is 65.0 Å². The number of Topliss-reactive ketones (excluding diaryl/α,β-unsaturated/α-hetero) is 1.